The molecule has 6 N–H and O–H groups in total. The van der Waals surface area contributed by atoms with Gasteiger partial charge in [0.1, 0.15) is 11.5 Å². The average molecular weight is 277 g/mol. The highest BCUT2D eigenvalue weighted by atomic mass is 16.2. The maximum Gasteiger partial charge on any atom is 0.267 e. The first-order valence-electron chi connectivity index (χ1n) is 6.66. The lowest BCUT2D eigenvalue weighted by Crippen LogP contribution is -2.25. The fourth-order valence-electron chi connectivity index (χ4n) is 1.73. The number of nitrogen functional groups attached to an aromatic ring is 1. The molecule has 0 bridgehead atoms. The molecule has 1 saturated carbocycles. The van der Waals surface area contributed by atoms with Crippen LogP contribution in [0.15, 0.2) is 12.1 Å². The van der Waals surface area contributed by atoms with Crippen LogP contribution in [0, 0.1) is 0 Å². The lowest BCUT2D eigenvalue weighted by atomic mass is 10.2. The molecule has 2 rings (SSSR count). The van der Waals surface area contributed by atoms with E-state index in [1.165, 1.54) is 6.07 Å². The second-order valence-corrected chi connectivity index (χ2v) is 4.87. The molecule has 1 aliphatic rings. The van der Waals surface area contributed by atoms with Crippen LogP contribution in [-0.4, -0.2) is 29.4 Å². The van der Waals surface area contributed by atoms with Crippen LogP contribution in [-0.2, 0) is 4.79 Å². The number of primary amides is 1. The molecule has 0 aliphatic heterocycles. The van der Waals surface area contributed by atoms with Crippen LogP contribution in [0.2, 0.25) is 0 Å². The summed E-state index contributed by atoms with van der Waals surface area (Å²) in [5, 5.41) is 5.93. The molecule has 0 saturated heterocycles. The first-order chi connectivity index (χ1) is 9.56. The van der Waals surface area contributed by atoms with E-state index in [1.54, 1.807) is 6.07 Å². The Morgan fingerprint density at radius 2 is 2.10 bits per heavy atom. The van der Waals surface area contributed by atoms with Gasteiger partial charge in [0, 0.05) is 19.0 Å². The molecule has 1 aromatic heterocycles. The third-order valence-corrected chi connectivity index (χ3v) is 2.99. The molecule has 1 heterocycles. The molecule has 7 heteroatoms. The Balaban J connectivity index is 1.76. The molecule has 1 aliphatic carbocycles. The molecule has 2 amide bonds. The number of nitrogens with one attached hydrogen (secondary N) is 2. The van der Waals surface area contributed by atoms with E-state index in [-0.39, 0.29) is 11.6 Å². The van der Waals surface area contributed by atoms with Crippen LogP contribution < -0.4 is 22.1 Å². The van der Waals surface area contributed by atoms with E-state index in [4.69, 9.17) is 11.5 Å². The van der Waals surface area contributed by atoms with Gasteiger partial charge in [-0.3, -0.25) is 9.59 Å². The number of carbonyl (C=O) groups is 2. The van der Waals surface area contributed by atoms with E-state index in [0.717, 1.165) is 12.8 Å². The molecule has 20 heavy (non-hydrogen) atoms. The number of amides is 2. The normalized spacial score (nSPS) is 13.8. The van der Waals surface area contributed by atoms with Gasteiger partial charge in [-0.1, -0.05) is 0 Å². The standard InChI is InChI=1S/C13H19N5O2/c14-9-5-6-10(12(15)20)18-13(9)16-7-1-2-11(19)17-8-3-4-8/h5-6,8H,1-4,7,14H2,(H2,15,20)(H,16,18)(H,17,19). The summed E-state index contributed by atoms with van der Waals surface area (Å²) in [6.07, 6.45) is 3.30. The second-order valence-electron chi connectivity index (χ2n) is 4.87. The maximum atomic E-state index is 11.5. The quantitative estimate of drug-likeness (QED) is 0.531. The number of hydrogen-bond donors (Lipinski definition) is 4. The monoisotopic (exact) mass is 277 g/mol. The van der Waals surface area contributed by atoms with E-state index in [1.807, 2.05) is 0 Å². The molecular weight excluding hydrogens is 258 g/mol. The van der Waals surface area contributed by atoms with Crippen LogP contribution in [0.5, 0.6) is 0 Å². The highest BCUT2D eigenvalue weighted by molar-refractivity contribution is 5.91. The molecule has 7 nitrogen and oxygen atoms in total. The summed E-state index contributed by atoms with van der Waals surface area (Å²) in [4.78, 5) is 26.5. The van der Waals surface area contributed by atoms with Crippen LogP contribution >= 0.6 is 0 Å². The Bertz CT molecular complexity index is 513. The number of pyridine rings is 1. The minimum Gasteiger partial charge on any atom is -0.396 e. The van der Waals surface area contributed by atoms with Crippen molar-refractivity contribution in [1.82, 2.24) is 10.3 Å². The van der Waals surface area contributed by atoms with Gasteiger partial charge < -0.3 is 22.1 Å². The van der Waals surface area contributed by atoms with Crippen molar-refractivity contribution in [2.24, 2.45) is 5.73 Å². The van der Waals surface area contributed by atoms with E-state index in [2.05, 4.69) is 15.6 Å². The Morgan fingerprint density at radius 3 is 2.75 bits per heavy atom. The summed E-state index contributed by atoms with van der Waals surface area (Å²) < 4.78 is 0. The molecule has 0 spiro atoms. The van der Waals surface area contributed by atoms with Crippen LogP contribution in [0.25, 0.3) is 0 Å². The summed E-state index contributed by atoms with van der Waals surface area (Å²) in [6.45, 7) is 0.553. The maximum absolute atomic E-state index is 11.5. The molecule has 0 aromatic carbocycles. The molecule has 1 aromatic rings. The van der Waals surface area contributed by atoms with Crippen molar-refractivity contribution in [3.8, 4) is 0 Å². The van der Waals surface area contributed by atoms with Crippen LogP contribution in [0.3, 0.4) is 0 Å². The highest BCUT2D eigenvalue weighted by Gasteiger charge is 2.22. The molecule has 108 valence electrons. The van der Waals surface area contributed by atoms with Crippen molar-refractivity contribution in [1.29, 1.82) is 0 Å². The number of carbonyl (C=O) groups excluding carboxylic acids is 2. The van der Waals surface area contributed by atoms with Crippen LogP contribution in [0.4, 0.5) is 11.5 Å². The number of hydrogen-bond acceptors (Lipinski definition) is 5. The van der Waals surface area contributed by atoms with Gasteiger partial charge in [0.15, 0.2) is 0 Å². The lowest BCUT2D eigenvalue weighted by Gasteiger charge is -2.09. The SMILES string of the molecule is NC(=O)c1ccc(N)c(NCCCC(=O)NC2CC2)n1. The van der Waals surface area contributed by atoms with E-state index in [0.29, 0.717) is 36.9 Å². The summed E-state index contributed by atoms with van der Waals surface area (Å²) in [5.41, 5.74) is 11.5. The van der Waals surface area contributed by atoms with Gasteiger partial charge in [-0.2, -0.15) is 0 Å². The Morgan fingerprint density at radius 1 is 1.35 bits per heavy atom. The predicted molar refractivity (Wildman–Crippen MR) is 76.1 cm³/mol. The number of anilines is 2. The van der Waals surface area contributed by atoms with Gasteiger partial charge in [0.05, 0.1) is 5.69 Å². The highest BCUT2D eigenvalue weighted by Crippen LogP contribution is 2.19. The average Bonchev–Trinajstić information content (AvgIpc) is 3.20. The van der Waals surface area contributed by atoms with Gasteiger partial charge in [-0.05, 0) is 31.4 Å². The Kier molecular flexibility index (Phi) is 4.39. The van der Waals surface area contributed by atoms with E-state index < -0.39 is 5.91 Å². The van der Waals surface area contributed by atoms with E-state index in [9.17, 15) is 9.59 Å². The number of nitrogens with two attached hydrogens (primary N) is 2. The molecule has 1 fully saturated rings. The Hall–Kier alpha value is -2.31. The number of aromatic nitrogens is 1. The zero-order valence-corrected chi connectivity index (χ0v) is 11.2. The number of rotatable bonds is 7. The minimum atomic E-state index is -0.600. The van der Waals surface area contributed by atoms with Gasteiger partial charge >= 0.3 is 0 Å². The smallest absolute Gasteiger partial charge is 0.267 e. The summed E-state index contributed by atoms with van der Waals surface area (Å²) >= 11 is 0. The summed E-state index contributed by atoms with van der Waals surface area (Å²) in [5.74, 6) is -0.109. The molecule has 0 unspecified atom stereocenters. The van der Waals surface area contributed by atoms with Gasteiger partial charge in [-0.15, -0.1) is 0 Å². The van der Waals surface area contributed by atoms with Crippen molar-refractivity contribution in [2.75, 3.05) is 17.6 Å². The summed E-state index contributed by atoms with van der Waals surface area (Å²) in [6, 6.07) is 3.45. The fourth-order valence-corrected chi connectivity index (χ4v) is 1.73. The van der Waals surface area contributed by atoms with Crippen molar-refractivity contribution in [3.63, 3.8) is 0 Å². The molecular formula is C13H19N5O2. The zero-order valence-electron chi connectivity index (χ0n) is 11.2. The van der Waals surface area contributed by atoms with E-state index >= 15 is 0 Å². The topological polar surface area (TPSA) is 123 Å². The minimum absolute atomic E-state index is 0.0705. The predicted octanol–water partition coefficient (Wildman–Crippen LogP) is 0.233. The van der Waals surface area contributed by atoms with Gasteiger partial charge in [0.2, 0.25) is 5.91 Å². The third kappa shape index (κ3) is 4.11. The van der Waals surface area contributed by atoms with Gasteiger partial charge in [0.25, 0.3) is 5.91 Å². The zero-order chi connectivity index (χ0) is 14.5. The largest absolute Gasteiger partial charge is 0.396 e. The first-order valence-corrected chi connectivity index (χ1v) is 6.66. The second kappa shape index (κ2) is 6.23. The first kappa shape index (κ1) is 14.1. The van der Waals surface area contributed by atoms with Crippen molar-refractivity contribution in [2.45, 2.75) is 31.7 Å². The van der Waals surface area contributed by atoms with Crippen molar-refractivity contribution >= 4 is 23.3 Å². The van der Waals surface area contributed by atoms with Crippen molar-refractivity contribution < 1.29 is 9.59 Å². The third-order valence-electron chi connectivity index (χ3n) is 2.99. The molecule has 0 atom stereocenters. The number of nitrogens with zero attached hydrogens (tertiary/aromatic N) is 1. The lowest BCUT2D eigenvalue weighted by molar-refractivity contribution is -0.121. The fraction of sp³-hybridized carbons (Fsp3) is 0.462. The Labute approximate surface area is 117 Å². The van der Waals surface area contributed by atoms with Crippen LogP contribution in [0.1, 0.15) is 36.2 Å². The van der Waals surface area contributed by atoms with Gasteiger partial charge in [-0.25, -0.2) is 4.98 Å². The summed E-state index contributed by atoms with van der Waals surface area (Å²) in [7, 11) is 0. The molecule has 0 radical (unpaired) electrons. The van der Waals surface area contributed by atoms with Crippen molar-refractivity contribution in [3.05, 3.63) is 17.8 Å².